The molecule has 0 aliphatic carbocycles. The Hall–Kier alpha value is -2.47. The van der Waals surface area contributed by atoms with Crippen LogP contribution in [0.2, 0.25) is 0 Å². The number of pyridine rings is 1. The highest BCUT2D eigenvalue weighted by atomic mass is 32.2. The van der Waals surface area contributed by atoms with E-state index in [0.717, 1.165) is 11.1 Å². The van der Waals surface area contributed by atoms with E-state index in [-0.39, 0.29) is 11.7 Å². The summed E-state index contributed by atoms with van der Waals surface area (Å²) >= 11 is 1.31. The van der Waals surface area contributed by atoms with Gasteiger partial charge in [0.05, 0.1) is 16.8 Å². The normalized spacial score (nSPS) is 18.7. The van der Waals surface area contributed by atoms with Gasteiger partial charge in [-0.05, 0) is 54.1 Å². The van der Waals surface area contributed by atoms with Crippen molar-refractivity contribution in [3.8, 4) is 0 Å². The summed E-state index contributed by atoms with van der Waals surface area (Å²) in [6, 6.07) is 9.73. The minimum absolute atomic E-state index is 0.112. The van der Waals surface area contributed by atoms with Gasteiger partial charge in [-0.3, -0.25) is 14.7 Å². The van der Waals surface area contributed by atoms with Crippen LogP contribution >= 0.6 is 11.8 Å². The van der Waals surface area contributed by atoms with Gasteiger partial charge in [-0.15, -0.1) is 0 Å². The summed E-state index contributed by atoms with van der Waals surface area (Å²) in [7, 11) is 1.69. The van der Waals surface area contributed by atoms with Gasteiger partial charge in [0.2, 0.25) is 0 Å². The first-order valence-corrected chi connectivity index (χ1v) is 7.79. The Bertz CT molecular complexity index is 800. The van der Waals surface area contributed by atoms with Gasteiger partial charge >= 0.3 is 0 Å². The lowest BCUT2D eigenvalue weighted by Crippen LogP contribution is -2.23. The molecule has 1 amide bonds. The molecule has 2 aromatic rings. The van der Waals surface area contributed by atoms with E-state index < -0.39 is 0 Å². The maximum Gasteiger partial charge on any atom is 0.266 e. The number of carbonyl (C=O) groups is 1. The molecule has 0 radical (unpaired) electrons. The van der Waals surface area contributed by atoms with Crippen LogP contribution < -0.4 is 0 Å². The van der Waals surface area contributed by atoms with Crippen molar-refractivity contribution in [1.82, 2.24) is 9.88 Å². The topological polar surface area (TPSA) is 45.6 Å². The molecule has 3 rings (SSSR count). The largest absolute Gasteiger partial charge is 0.290 e. The van der Waals surface area contributed by atoms with Crippen LogP contribution in [-0.4, -0.2) is 28.0 Å². The number of benzene rings is 1. The van der Waals surface area contributed by atoms with E-state index in [2.05, 4.69) is 9.98 Å². The van der Waals surface area contributed by atoms with Crippen molar-refractivity contribution in [2.75, 3.05) is 7.05 Å². The quantitative estimate of drug-likeness (QED) is 0.787. The van der Waals surface area contributed by atoms with Crippen LogP contribution in [0.3, 0.4) is 0 Å². The summed E-state index contributed by atoms with van der Waals surface area (Å²) in [5.41, 5.74) is 2.32. The second kappa shape index (κ2) is 6.34. The van der Waals surface area contributed by atoms with Crippen LogP contribution in [0.25, 0.3) is 5.57 Å². The number of nitrogens with zero attached hydrogens (tertiary/aromatic N) is 3. The third kappa shape index (κ3) is 3.17. The van der Waals surface area contributed by atoms with Crippen LogP contribution in [0, 0.1) is 5.82 Å². The molecule has 0 unspecified atom stereocenters. The SMILES string of the molecule is C/C(=C1/SC(=Nc2cccnc2)N(C)C1=O)c1ccc(F)cc1. The minimum Gasteiger partial charge on any atom is -0.290 e. The Kier molecular flexibility index (Phi) is 4.25. The number of amides is 1. The molecule has 1 aliphatic rings. The van der Waals surface area contributed by atoms with E-state index in [9.17, 15) is 9.18 Å². The standard InChI is InChI=1S/C17H14FN3OS/c1-11(12-5-7-13(18)8-6-12)15-16(22)21(2)17(23-15)20-14-4-3-9-19-10-14/h3-10H,1-2H3/b15-11-,20-17?. The van der Waals surface area contributed by atoms with Crippen molar-refractivity contribution in [2.45, 2.75) is 6.92 Å². The second-order valence-corrected chi connectivity index (χ2v) is 6.01. The third-order valence-corrected chi connectivity index (χ3v) is 4.70. The van der Waals surface area contributed by atoms with Gasteiger partial charge in [0.15, 0.2) is 5.17 Å². The number of thioether (sulfide) groups is 1. The summed E-state index contributed by atoms with van der Waals surface area (Å²) in [6.07, 6.45) is 3.31. The monoisotopic (exact) mass is 327 g/mol. The average Bonchev–Trinajstić information content (AvgIpc) is 2.84. The highest BCUT2D eigenvalue weighted by molar-refractivity contribution is 8.18. The predicted molar refractivity (Wildman–Crippen MR) is 90.7 cm³/mol. The zero-order valence-electron chi connectivity index (χ0n) is 12.7. The van der Waals surface area contributed by atoms with E-state index >= 15 is 0 Å². The highest BCUT2D eigenvalue weighted by Gasteiger charge is 2.32. The molecule has 4 nitrogen and oxygen atoms in total. The lowest BCUT2D eigenvalue weighted by molar-refractivity contribution is -0.121. The van der Waals surface area contributed by atoms with Crippen molar-refractivity contribution >= 4 is 34.1 Å². The number of hydrogen-bond acceptors (Lipinski definition) is 4. The highest BCUT2D eigenvalue weighted by Crippen LogP contribution is 2.36. The molecule has 0 bridgehead atoms. The second-order valence-electron chi connectivity index (χ2n) is 5.03. The number of rotatable bonds is 2. The van der Waals surface area contributed by atoms with E-state index in [1.54, 1.807) is 37.6 Å². The molecule has 0 atom stereocenters. The maximum atomic E-state index is 13.0. The maximum absolute atomic E-state index is 13.0. The first-order valence-electron chi connectivity index (χ1n) is 6.97. The van der Waals surface area contributed by atoms with Gasteiger partial charge in [-0.2, -0.15) is 0 Å². The van der Waals surface area contributed by atoms with Crippen LogP contribution in [-0.2, 0) is 4.79 Å². The van der Waals surface area contributed by atoms with Crippen LogP contribution in [0.15, 0.2) is 58.7 Å². The lowest BCUT2D eigenvalue weighted by Gasteiger charge is -2.07. The molecular formula is C17H14FN3OS. The van der Waals surface area contributed by atoms with Gasteiger partial charge < -0.3 is 0 Å². The summed E-state index contributed by atoms with van der Waals surface area (Å²) in [6.45, 7) is 1.86. The Morgan fingerprint density at radius 1 is 1.26 bits per heavy atom. The molecule has 1 aromatic carbocycles. The molecule has 1 aliphatic heterocycles. The first-order chi connectivity index (χ1) is 11.1. The molecule has 0 saturated carbocycles. The summed E-state index contributed by atoms with van der Waals surface area (Å²) in [5, 5.41) is 0.597. The van der Waals surface area contributed by atoms with Crippen LogP contribution in [0.5, 0.6) is 0 Å². The zero-order valence-corrected chi connectivity index (χ0v) is 13.5. The van der Waals surface area contributed by atoms with Gasteiger partial charge in [-0.1, -0.05) is 12.1 Å². The molecule has 116 valence electrons. The van der Waals surface area contributed by atoms with E-state index in [4.69, 9.17) is 0 Å². The Morgan fingerprint density at radius 2 is 2.00 bits per heavy atom. The lowest BCUT2D eigenvalue weighted by atomic mass is 10.1. The fourth-order valence-corrected chi connectivity index (χ4v) is 3.19. The summed E-state index contributed by atoms with van der Waals surface area (Å²) < 4.78 is 13.0. The molecule has 6 heteroatoms. The predicted octanol–water partition coefficient (Wildman–Crippen LogP) is 3.84. The summed E-state index contributed by atoms with van der Waals surface area (Å²) in [5.74, 6) is -0.410. The van der Waals surface area contributed by atoms with Gasteiger partial charge in [0.1, 0.15) is 5.82 Å². The number of carbonyl (C=O) groups excluding carboxylic acids is 1. The Morgan fingerprint density at radius 3 is 2.65 bits per heavy atom. The fourth-order valence-electron chi connectivity index (χ4n) is 2.14. The Balaban J connectivity index is 1.96. The number of allylic oxidation sites excluding steroid dienone is 1. The molecule has 1 aromatic heterocycles. The van der Waals surface area contributed by atoms with Crippen LogP contribution in [0.4, 0.5) is 10.1 Å². The van der Waals surface area contributed by atoms with Crippen molar-refractivity contribution in [3.05, 3.63) is 65.1 Å². The van der Waals surface area contributed by atoms with Crippen molar-refractivity contribution in [3.63, 3.8) is 0 Å². The van der Waals surface area contributed by atoms with Crippen molar-refractivity contribution in [1.29, 1.82) is 0 Å². The van der Waals surface area contributed by atoms with E-state index in [0.29, 0.717) is 15.8 Å². The number of likely N-dealkylation sites (N-methyl/N-ethyl adjacent to an activating group) is 1. The molecule has 2 heterocycles. The number of amidine groups is 1. The smallest absolute Gasteiger partial charge is 0.266 e. The zero-order chi connectivity index (χ0) is 16.4. The van der Waals surface area contributed by atoms with E-state index in [1.807, 2.05) is 13.0 Å². The number of aromatic nitrogens is 1. The van der Waals surface area contributed by atoms with Crippen LogP contribution in [0.1, 0.15) is 12.5 Å². The van der Waals surface area contributed by atoms with Crippen molar-refractivity contribution in [2.24, 2.45) is 4.99 Å². The van der Waals surface area contributed by atoms with Gasteiger partial charge in [-0.25, -0.2) is 9.38 Å². The average molecular weight is 327 g/mol. The van der Waals surface area contributed by atoms with Gasteiger partial charge in [0, 0.05) is 13.2 Å². The first kappa shape index (κ1) is 15.4. The number of hydrogen-bond donors (Lipinski definition) is 0. The summed E-state index contributed by atoms with van der Waals surface area (Å²) in [4.78, 5) is 23.0. The minimum atomic E-state index is -0.298. The number of aliphatic imine (C=N–C) groups is 1. The molecule has 1 saturated heterocycles. The molecule has 1 fully saturated rings. The molecular weight excluding hydrogens is 313 g/mol. The van der Waals surface area contributed by atoms with E-state index in [1.165, 1.54) is 28.8 Å². The Labute approximate surface area is 137 Å². The molecule has 0 N–H and O–H groups in total. The fraction of sp³-hybridized carbons (Fsp3) is 0.118. The van der Waals surface area contributed by atoms with Crippen molar-refractivity contribution < 1.29 is 9.18 Å². The third-order valence-electron chi connectivity index (χ3n) is 3.47. The molecule has 0 spiro atoms. The number of halogens is 1. The van der Waals surface area contributed by atoms with Gasteiger partial charge in [0.25, 0.3) is 5.91 Å². The molecule has 23 heavy (non-hydrogen) atoms.